The molecule has 0 bridgehead atoms. The molecule has 1 fully saturated rings. The number of aliphatic carboxylic acids is 1. The van der Waals surface area contributed by atoms with E-state index in [1.54, 1.807) is 12.1 Å². The lowest BCUT2D eigenvalue weighted by atomic mass is 9.80. The molecule has 1 N–H and O–H groups in total. The van der Waals surface area contributed by atoms with E-state index in [9.17, 15) is 9.18 Å². The van der Waals surface area contributed by atoms with E-state index < -0.39 is 11.8 Å². The summed E-state index contributed by atoms with van der Waals surface area (Å²) in [6.07, 6.45) is 5.23. The van der Waals surface area contributed by atoms with Gasteiger partial charge in [-0.15, -0.1) is 0 Å². The van der Waals surface area contributed by atoms with Crippen molar-refractivity contribution >= 4 is 12.0 Å². The van der Waals surface area contributed by atoms with Crippen LogP contribution >= 0.6 is 0 Å². The van der Waals surface area contributed by atoms with Gasteiger partial charge < -0.3 is 9.84 Å². The van der Waals surface area contributed by atoms with E-state index in [0.717, 1.165) is 25.3 Å². The fourth-order valence-corrected chi connectivity index (χ4v) is 2.71. The third-order valence-electron chi connectivity index (χ3n) is 4.24. The van der Waals surface area contributed by atoms with E-state index in [4.69, 9.17) is 9.84 Å². The van der Waals surface area contributed by atoms with Crippen molar-refractivity contribution in [1.29, 1.82) is 0 Å². The minimum absolute atomic E-state index is 0.00919. The first-order chi connectivity index (χ1) is 9.97. The summed E-state index contributed by atoms with van der Waals surface area (Å²) in [6.45, 7) is 4.41. The summed E-state index contributed by atoms with van der Waals surface area (Å²) in [5, 5.41) is 8.70. The van der Waals surface area contributed by atoms with Gasteiger partial charge in [-0.25, -0.2) is 9.18 Å². The highest BCUT2D eigenvalue weighted by atomic mass is 19.1. The Kier molecular flexibility index (Phi) is 4.99. The number of ether oxygens (including phenoxy) is 1. The first kappa shape index (κ1) is 15.5. The lowest BCUT2D eigenvalue weighted by Crippen LogP contribution is -2.29. The van der Waals surface area contributed by atoms with Crippen molar-refractivity contribution in [2.24, 2.45) is 11.8 Å². The van der Waals surface area contributed by atoms with Gasteiger partial charge in [0.25, 0.3) is 0 Å². The third-order valence-corrected chi connectivity index (χ3v) is 4.24. The molecule has 0 radical (unpaired) electrons. The van der Waals surface area contributed by atoms with Gasteiger partial charge in [0, 0.05) is 11.6 Å². The second kappa shape index (κ2) is 6.74. The zero-order chi connectivity index (χ0) is 15.4. The van der Waals surface area contributed by atoms with Crippen molar-refractivity contribution in [2.45, 2.75) is 39.2 Å². The summed E-state index contributed by atoms with van der Waals surface area (Å²) < 4.78 is 19.8. The monoisotopic (exact) mass is 292 g/mol. The number of rotatable bonds is 4. The third kappa shape index (κ3) is 4.06. The Balaban J connectivity index is 2.17. The quantitative estimate of drug-likeness (QED) is 0.849. The van der Waals surface area contributed by atoms with Crippen molar-refractivity contribution in [3.05, 3.63) is 35.7 Å². The number of benzene rings is 1. The number of carbonyl (C=O) groups is 1. The predicted molar refractivity (Wildman–Crippen MR) is 79.7 cm³/mol. The first-order valence-corrected chi connectivity index (χ1v) is 7.33. The summed E-state index contributed by atoms with van der Waals surface area (Å²) >= 11 is 0. The Morgan fingerprint density at radius 1 is 1.33 bits per heavy atom. The maximum absolute atomic E-state index is 14.0. The Hall–Kier alpha value is -1.84. The summed E-state index contributed by atoms with van der Waals surface area (Å²) in [7, 11) is 0. The molecule has 0 aliphatic heterocycles. The zero-order valence-corrected chi connectivity index (χ0v) is 12.4. The molecule has 21 heavy (non-hydrogen) atoms. The van der Waals surface area contributed by atoms with Crippen molar-refractivity contribution in [3.63, 3.8) is 0 Å². The van der Waals surface area contributed by atoms with Crippen molar-refractivity contribution in [1.82, 2.24) is 0 Å². The minimum atomic E-state index is -1.06. The lowest BCUT2D eigenvalue weighted by Gasteiger charge is -2.32. The van der Waals surface area contributed by atoms with Crippen LogP contribution in [0.15, 0.2) is 24.3 Å². The van der Waals surface area contributed by atoms with Gasteiger partial charge in [0.05, 0.1) is 6.10 Å². The average Bonchev–Trinajstić information content (AvgIpc) is 2.43. The van der Waals surface area contributed by atoms with E-state index in [0.29, 0.717) is 17.4 Å². The zero-order valence-electron chi connectivity index (χ0n) is 12.4. The van der Waals surface area contributed by atoms with E-state index in [1.807, 2.05) is 0 Å². The van der Waals surface area contributed by atoms with Crippen LogP contribution in [0.4, 0.5) is 4.39 Å². The molecule has 1 aromatic carbocycles. The number of para-hydroxylation sites is 1. The van der Waals surface area contributed by atoms with Crippen LogP contribution in [0.1, 0.15) is 38.7 Å². The van der Waals surface area contributed by atoms with Crippen molar-refractivity contribution < 1.29 is 19.0 Å². The molecule has 0 spiro atoms. The number of hydrogen-bond acceptors (Lipinski definition) is 2. The molecular weight excluding hydrogens is 271 g/mol. The van der Waals surface area contributed by atoms with Crippen LogP contribution < -0.4 is 4.74 Å². The van der Waals surface area contributed by atoms with Crippen molar-refractivity contribution in [2.75, 3.05) is 0 Å². The lowest BCUT2D eigenvalue weighted by molar-refractivity contribution is -0.131. The van der Waals surface area contributed by atoms with Gasteiger partial charge in [-0.1, -0.05) is 26.0 Å². The predicted octanol–water partition coefficient (Wildman–Crippen LogP) is 4.13. The highest BCUT2D eigenvalue weighted by molar-refractivity contribution is 5.85. The van der Waals surface area contributed by atoms with Gasteiger partial charge in [-0.3, -0.25) is 0 Å². The molecule has 1 aliphatic rings. The first-order valence-electron chi connectivity index (χ1n) is 7.33. The molecule has 2 rings (SSSR count). The largest absolute Gasteiger partial charge is 0.487 e. The van der Waals surface area contributed by atoms with Crippen LogP contribution in [0.5, 0.6) is 5.75 Å². The van der Waals surface area contributed by atoms with Gasteiger partial charge in [0.2, 0.25) is 0 Å². The molecule has 1 saturated carbocycles. The SMILES string of the molecule is CC1CCC(Oc2c(F)cccc2/C=C/C(=O)O)CC1C. The molecule has 0 aromatic heterocycles. The van der Waals surface area contributed by atoms with E-state index in [-0.39, 0.29) is 11.9 Å². The van der Waals surface area contributed by atoms with E-state index in [1.165, 1.54) is 12.1 Å². The number of halogens is 1. The fourth-order valence-electron chi connectivity index (χ4n) is 2.71. The number of carboxylic acid groups (broad SMARTS) is 1. The Labute approximate surface area is 124 Å². The van der Waals surface area contributed by atoms with Gasteiger partial charge >= 0.3 is 5.97 Å². The second-order valence-corrected chi connectivity index (χ2v) is 5.84. The molecule has 0 saturated heterocycles. The summed E-state index contributed by atoms with van der Waals surface area (Å²) in [6, 6.07) is 4.55. The topological polar surface area (TPSA) is 46.5 Å². The molecular formula is C17H21FO3. The molecule has 4 heteroatoms. The molecule has 3 nitrogen and oxygen atoms in total. The van der Waals surface area contributed by atoms with Crippen molar-refractivity contribution in [3.8, 4) is 5.75 Å². The highest BCUT2D eigenvalue weighted by Gasteiger charge is 2.26. The van der Waals surface area contributed by atoms with Gasteiger partial charge in [-0.05, 0) is 43.2 Å². The summed E-state index contributed by atoms with van der Waals surface area (Å²) in [5.41, 5.74) is 0.462. The maximum Gasteiger partial charge on any atom is 0.328 e. The summed E-state index contributed by atoms with van der Waals surface area (Å²) in [4.78, 5) is 10.6. The molecule has 114 valence electrons. The van der Waals surface area contributed by atoms with Gasteiger partial charge in [0.15, 0.2) is 11.6 Å². The number of hydrogen-bond donors (Lipinski definition) is 1. The van der Waals surface area contributed by atoms with E-state index in [2.05, 4.69) is 13.8 Å². The minimum Gasteiger partial charge on any atom is -0.487 e. The molecule has 0 amide bonds. The van der Waals surface area contributed by atoms with Crippen LogP contribution in [-0.4, -0.2) is 17.2 Å². The highest BCUT2D eigenvalue weighted by Crippen LogP contribution is 2.34. The molecule has 1 aromatic rings. The standard InChI is InChI=1S/C17H21FO3/c1-11-6-8-14(10-12(11)2)21-17-13(7-9-16(19)20)4-3-5-15(17)18/h3-5,7,9,11-12,14H,6,8,10H2,1-2H3,(H,19,20)/b9-7+. The van der Waals surface area contributed by atoms with Crippen LogP contribution in [0.25, 0.3) is 6.08 Å². The second-order valence-electron chi connectivity index (χ2n) is 5.84. The van der Waals surface area contributed by atoms with Crippen LogP contribution in [0.3, 0.4) is 0 Å². The van der Waals surface area contributed by atoms with Crippen LogP contribution in [-0.2, 0) is 4.79 Å². The van der Waals surface area contributed by atoms with Gasteiger partial charge in [0.1, 0.15) is 0 Å². The average molecular weight is 292 g/mol. The van der Waals surface area contributed by atoms with Crippen LogP contribution in [0, 0.1) is 17.7 Å². The Morgan fingerprint density at radius 2 is 2.10 bits per heavy atom. The normalized spacial score (nSPS) is 26.0. The summed E-state index contributed by atoms with van der Waals surface area (Å²) in [5.74, 6) is -0.147. The molecule has 3 unspecified atom stereocenters. The Bertz CT molecular complexity index is 539. The number of carboxylic acids is 1. The van der Waals surface area contributed by atoms with Gasteiger partial charge in [-0.2, -0.15) is 0 Å². The van der Waals surface area contributed by atoms with E-state index >= 15 is 0 Å². The Morgan fingerprint density at radius 3 is 2.76 bits per heavy atom. The van der Waals surface area contributed by atoms with Crippen LogP contribution in [0.2, 0.25) is 0 Å². The maximum atomic E-state index is 14.0. The fraction of sp³-hybridized carbons (Fsp3) is 0.471. The molecule has 1 aliphatic carbocycles. The smallest absolute Gasteiger partial charge is 0.328 e. The molecule has 3 atom stereocenters. The molecule has 0 heterocycles.